The maximum Gasteiger partial charge on any atom is 0.198 e. The predicted octanol–water partition coefficient (Wildman–Crippen LogP) is 3.86. The molecule has 0 amide bonds. The van der Waals surface area contributed by atoms with Crippen LogP contribution in [0.2, 0.25) is 0 Å². The lowest BCUT2D eigenvalue weighted by Crippen LogP contribution is -2.08. The Labute approximate surface area is 251 Å². The molecular weight excluding hydrogens is 645 g/mol. The smallest absolute Gasteiger partial charge is 0.198 e. The number of carbonyl (C=O) groups excluding carboxylic acids is 2. The number of thiocarbonyl (C=S) groups is 1. The number of hydrogen-bond acceptors (Lipinski definition) is 15. The van der Waals surface area contributed by atoms with Crippen LogP contribution in [0.4, 0.5) is 0 Å². The fraction of sp³-hybridized carbons (Fsp3) is 0.842. The average molecular weight is 679 g/mol. The quantitative estimate of drug-likeness (QED) is 0.0830. The second kappa shape index (κ2) is 29.1. The zero-order valence-corrected chi connectivity index (χ0v) is 27.6. The molecule has 1 unspecified atom stereocenters. The number of hydrogen-bond donors (Lipinski definition) is 2. The van der Waals surface area contributed by atoms with Crippen molar-refractivity contribution in [1.82, 2.24) is 0 Å². The molecule has 206 valence electrons. The van der Waals surface area contributed by atoms with Crippen LogP contribution < -0.4 is 0 Å². The summed E-state index contributed by atoms with van der Waals surface area (Å²) in [5.41, 5.74) is 0. The topological polar surface area (TPSA) is 101 Å². The summed E-state index contributed by atoms with van der Waals surface area (Å²) < 4.78 is 17.2. The molecular formula is C19H34O6S10. The minimum absolute atomic E-state index is 0.0281. The molecule has 1 atom stereocenters. The molecule has 0 aliphatic heterocycles. The van der Waals surface area contributed by atoms with Gasteiger partial charge in [0.05, 0.1) is 30.5 Å². The van der Waals surface area contributed by atoms with E-state index in [1.54, 1.807) is 70.6 Å². The number of carbonyl (C=O) groups is 2. The highest BCUT2D eigenvalue weighted by Crippen LogP contribution is 2.19. The molecule has 0 aromatic carbocycles. The van der Waals surface area contributed by atoms with Gasteiger partial charge in [0, 0.05) is 66.3 Å². The van der Waals surface area contributed by atoms with Crippen molar-refractivity contribution < 1.29 is 28.7 Å². The highest BCUT2D eigenvalue weighted by molar-refractivity contribution is 8.21. The van der Waals surface area contributed by atoms with E-state index < -0.39 is 10.8 Å². The summed E-state index contributed by atoms with van der Waals surface area (Å²) in [7, 11) is -0.799. The Kier molecular flexibility index (Phi) is 30.8. The molecule has 0 saturated heterocycles. The van der Waals surface area contributed by atoms with E-state index in [4.69, 9.17) is 27.2 Å². The first-order valence-electron chi connectivity index (χ1n) is 10.5. The first-order chi connectivity index (χ1) is 17.0. The van der Waals surface area contributed by atoms with Gasteiger partial charge in [0.25, 0.3) is 0 Å². The molecule has 0 aliphatic carbocycles. The van der Waals surface area contributed by atoms with Crippen molar-refractivity contribution in [3.63, 3.8) is 0 Å². The largest absolute Gasteiger partial charge is 0.484 e. The van der Waals surface area contributed by atoms with Crippen LogP contribution in [-0.2, 0) is 25.1 Å². The third kappa shape index (κ3) is 28.9. The summed E-state index contributed by atoms with van der Waals surface area (Å²) in [4.78, 5) is 23.3. The fourth-order valence-electron chi connectivity index (χ4n) is 1.79. The normalized spacial score (nSPS) is 11.9. The number of ether oxygens (including phenoxy) is 1. The van der Waals surface area contributed by atoms with Crippen molar-refractivity contribution in [2.45, 2.75) is 0 Å². The maximum atomic E-state index is 12.0. The summed E-state index contributed by atoms with van der Waals surface area (Å²) in [6.07, 6.45) is 0. The minimum atomic E-state index is -0.799. The number of aliphatic hydroxyl groups is 2. The van der Waals surface area contributed by atoms with Crippen LogP contribution in [0.25, 0.3) is 0 Å². The van der Waals surface area contributed by atoms with Crippen LogP contribution >= 0.6 is 106 Å². The molecule has 0 rings (SSSR count). The van der Waals surface area contributed by atoms with Crippen LogP contribution in [0, 0.1) is 0 Å². The molecule has 0 aromatic rings. The molecule has 0 bridgehead atoms. The van der Waals surface area contributed by atoms with E-state index in [-0.39, 0.29) is 30.1 Å². The summed E-state index contributed by atoms with van der Waals surface area (Å²) in [6, 6.07) is 0. The first kappa shape index (κ1) is 37.1. The summed E-state index contributed by atoms with van der Waals surface area (Å²) >= 11 is 17.6. The van der Waals surface area contributed by atoms with Crippen LogP contribution in [0.15, 0.2) is 0 Å². The molecule has 0 saturated carbocycles. The Morgan fingerprint density at radius 1 is 0.686 bits per heavy atom. The molecule has 6 nitrogen and oxygen atoms in total. The van der Waals surface area contributed by atoms with Crippen LogP contribution in [0.1, 0.15) is 0 Å². The Balaban J connectivity index is 3.37. The monoisotopic (exact) mass is 678 g/mol. The molecule has 0 radical (unpaired) electrons. The van der Waals surface area contributed by atoms with E-state index in [9.17, 15) is 13.8 Å². The van der Waals surface area contributed by atoms with Gasteiger partial charge in [0.2, 0.25) is 0 Å². The van der Waals surface area contributed by atoms with Gasteiger partial charge in [-0.2, -0.15) is 35.3 Å². The first-order valence-corrected chi connectivity index (χ1v) is 21.3. The molecule has 0 fully saturated rings. The van der Waals surface area contributed by atoms with Crippen LogP contribution in [0.5, 0.6) is 0 Å². The molecule has 0 spiro atoms. The number of rotatable bonds is 25. The van der Waals surface area contributed by atoms with Crippen molar-refractivity contribution in [2.24, 2.45) is 0 Å². The van der Waals surface area contributed by atoms with Crippen LogP contribution in [0.3, 0.4) is 0 Å². The predicted molar refractivity (Wildman–Crippen MR) is 175 cm³/mol. The average Bonchev–Trinajstić information content (AvgIpc) is 2.84. The van der Waals surface area contributed by atoms with E-state index in [1.165, 1.54) is 23.5 Å². The van der Waals surface area contributed by atoms with Gasteiger partial charge in [0.1, 0.15) is 6.61 Å². The molecule has 0 heterocycles. The summed E-state index contributed by atoms with van der Waals surface area (Å²) in [5.74, 6) is 6.85. The Morgan fingerprint density at radius 3 is 1.80 bits per heavy atom. The molecule has 2 N–H and O–H groups in total. The van der Waals surface area contributed by atoms with Gasteiger partial charge in [-0.3, -0.25) is 13.8 Å². The van der Waals surface area contributed by atoms with Gasteiger partial charge in [-0.25, -0.2) is 0 Å². The SMILES string of the molecule is O=C(CSCSCCS(=O)CCSCSCCSC(=O)CSCSCC(=S)OCCO)SCCO. The van der Waals surface area contributed by atoms with Gasteiger partial charge >= 0.3 is 0 Å². The lowest BCUT2D eigenvalue weighted by Gasteiger charge is -2.05. The van der Waals surface area contributed by atoms with Gasteiger partial charge in [-0.15, -0.1) is 35.3 Å². The van der Waals surface area contributed by atoms with E-state index >= 15 is 0 Å². The highest BCUT2D eigenvalue weighted by atomic mass is 32.2. The highest BCUT2D eigenvalue weighted by Gasteiger charge is 2.06. The van der Waals surface area contributed by atoms with Crippen molar-refractivity contribution in [1.29, 1.82) is 0 Å². The van der Waals surface area contributed by atoms with Crippen LogP contribution in [-0.4, -0.2) is 122 Å². The lowest BCUT2D eigenvalue weighted by molar-refractivity contribution is -0.109. The Bertz CT molecular complexity index is 584. The van der Waals surface area contributed by atoms with Gasteiger partial charge in [-0.1, -0.05) is 23.5 Å². The summed E-state index contributed by atoms with van der Waals surface area (Å²) in [6.45, 7) is 0.221. The second-order valence-corrected chi connectivity index (χ2v) is 17.9. The van der Waals surface area contributed by atoms with Gasteiger partial charge < -0.3 is 14.9 Å². The standard InChI is InChI=1S/C19H34O6S10/c20-1-3-25-19(26)13-32-16-31-12-18(23)34-6-5-27-14-28-7-9-35(24)10-8-29-15-30-11-17(22)33-4-2-21/h20-21H,1-16H2. The molecule has 16 heteroatoms. The van der Waals surface area contributed by atoms with Crippen molar-refractivity contribution >= 4 is 132 Å². The molecule has 0 aliphatic rings. The fourth-order valence-corrected chi connectivity index (χ4v) is 11.7. The van der Waals surface area contributed by atoms with Crippen molar-refractivity contribution in [3.8, 4) is 0 Å². The Morgan fingerprint density at radius 2 is 1.20 bits per heavy atom. The van der Waals surface area contributed by atoms with E-state index in [2.05, 4.69) is 0 Å². The number of aliphatic hydroxyl groups excluding tert-OH is 2. The lowest BCUT2D eigenvalue weighted by atomic mass is 10.7. The second-order valence-electron chi connectivity index (χ2n) is 6.08. The zero-order chi connectivity index (χ0) is 26.0. The van der Waals surface area contributed by atoms with Gasteiger partial charge in [0.15, 0.2) is 15.3 Å². The third-order valence-electron chi connectivity index (χ3n) is 3.27. The molecule has 35 heavy (non-hydrogen) atoms. The van der Waals surface area contributed by atoms with E-state index in [1.807, 2.05) is 0 Å². The third-order valence-corrected chi connectivity index (χ3v) is 14.8. The number of thioether (sulfide) groups is 8. The van der Waals surface area contributed by atoms with Crippen molar-refractivity contribution in [3.05, 3.63) is 0 Å². The van der Waals surface area contributed by atoms with Gasteiger partial charge in [-0.05, 0) is 12.2 Å². The minimum Gasteiger partial charge on any atom is -0.484 e. The zero-order valence-electron chi connectivity index (χ0n) is 19.4. The van der Waals surface area contributed by atoms with E-state index in [0.717, 1.165) is 38.3 Å². The Hall–Kier alpha value is 2.10. The maximum absolute atomic E-state index is 12.0. The van der Waals surface area contributed by atoms with E-state index in [0.29, 0.717) is 39.6 Å². The summed E-state index contributed by atoms with van der Waals surface area (Å²) in [5, 5.41) is 20.7. The van der Waals surface area contributed by atoms with Crippen molar-refractivity contribution in [2.75, 3.05) is 92.6 Å². The molecule has 0 aromatic heterocycles.